The molecule has 1 aromatic rings. The van der Waals surface area contributed by atoms with E-state index < -0.39 is 22.0 Å². The fourth-order valence-corrected chi connectivity index (χ4v) is 3.36. The summed E-state index contributed by atoms with van der Waals surface area (Å²) in [6.45, 7) is 12.2. The molecular weight excluding hydrogens is 324 g/mol. The molecular formula is C19H30O4S. The highest BCUT2D eigenvalue weighted by atomic mass is 32.2. The van der Waals surface area contributed by atoms with Crippen molar-refractivity contribution in [3.63, 3.8) is 0 Å². The van der Waals surface area contributed by atoms with E-state index in [2.05, 4.69) is 20.8 Å². The lowest BCUT2D eigenvalue weighted by Crippen LogP contribution is -2.28. The molecule has 0 aliphatic rings. The summed E-state index contributed by atoms with van der Waals surface area (Å²) in [6.07, 6.45) is 2.45. The van der Waals surface area contributed by atoms with E-state index in [-0.39, 0.29) is 23.0 Å². The van der Waals surface area contributed by atoms with Crippen LogP contribution in [-0.2, 0) is 32.8 Å². The highest BCUT2D eigenvalue weighted by Crippen LogP contribution is 2.41. The minimum Gasteiger partial charge on any atom is -0.507 e. The Morgan fingerprint density at radius 3 is 2.04 bits per heavy atom. The number of carboxylic acids is 1. The molecule has 1 rings (SSSR count). The molecule has 0 aromatic heterocycles. The molecule has 0 bridgehead atoms. The van der Waals surface area contributed by atoms with Gasteiger partial charge in [-0.25, -0.2) is 0 Å². The number of aromatic hydroxyl groups is 1. The van der Waals surface area contributed by atoms with Crippen molar-refractivity contribution < 1.29 is 19.2 Å². The third-order valence-electron chi connectivity index (χ3n) is 4.69. The second-order valence-electron chi connectivity index (χ2n) is 8.06. The van der Waals surface area contributed by atoms with Crippen LogP contribution in [0.25, 0.3) is 0 Å². The minimum absolute atomic E-state index is 0.189. The number of rotatable bonds is 6. The minimum atomic E-state index is -1.46. The van der Waals surface area contributed by atoms with Gasteiger partial charge in [0.05, 0.1) is 0 Å². The molecule has 0 fully saturated rings. The van der Waals surface area contributed by atoms with Crippen LogP contribution >= 0.6 is 0 Å². The van der Waals surface area contributed by atoms with E-state index in [1.54, 1.807) is 0 Å². The molecule has 2 atom stereocenters. The zero-order chi connectivity index (χ0) is 18.9. The zero-order valence-electron chi connectivity index (χ0n) is 15.8. The van der Waals surface area contributed by atoms with Crippen molar-refractivity contribution in [1.82, 2.24) is 0 Å². The van der Waals surface area contributed by atoms with Crippen molar-refractivity contribution in [2.75, 3.05) is 6.26 Å². The number of aliphatic carboxylic acids is 1. The van der Waals surface area contributed by atoms with E-state index in [4.69, 9.17) is 0 Å². The quantitative estimate of drug-likeness (QED) is 0.816. The fourth-order valence-electron chi connectivity index (χ4n) is 2.65. The maximum atomic E-state index is 11.8. The topological polar surface area (TPSA) is 74.6 Å². The number of hydrogen-bond acceptors (Lipinski definition) is 3. The summed E-state index contributed by atoms with van der Waals surface area (Å²) >= 11 is 0. The molecule has 0 saturated carbocycles. The molecule has 0 aliphatic heterocycles. The molecule has 0 spiro atoms. The van der Waals surface area contributed by atoms with Crippen molar-refractivity contribution in [3.8, 4) is 5.75 Å². The highest BCUT2D eigenvalue weighted by Gasteiger charge is 2.30. The first-order chi connectivity index (χ1) is 10.8. The third-order valence-corrected chi connectivity index (χ3v) is 5.86. The van der Waals surface area contributed by atoms with E-state index in [1.807, 2.05) is 32.9 Å². The lowest BCUT2D eigenvalue weighted by Gasteiger charge is -2.30. The van der Waals surface area contributed by atoms with Crippen LogP contribution < -0.4 is 0 Å². The Morgan fingerprint density at radius 2 is 1.67 bits per heavy atom. The number of benzene rings is 1. The Balaban J connectivity index is 3.55. The largest absolute Gasteiger partial charge is 0.507 e. The third kappa shape index (κ3) is 4.59. The summed E-state index contributed by atoms with van der Waals surface area (Å²) < 4.78 is 11.8. The molecule has 4 nitrogen and oxygen atoms in total. The number of carboxylic acid groups (broad SMARTS) is 1. The van der Waals surface area contributed by atoms with E-state index in [0.717, 1.165) is 23.1 Å². The number of carbonyl (C=O) groups is 1. The summed E-state index contributed by atoms with van der Waals surface area (Å²) in [5.41, 5.74) is 1.91. The van der Waals surface area contributed by atoms with E-state index in [9.17, 15) is 19.2 Å². The van der Waals surface area contributed by atoms with E-state index in [1.165, 1.54) is 6.26 Å². The predicted molar refractivity (Wildman–Crippen MR) is 99.3 cm³/mol. The highest BCUT2D eigenvalue weighted by molar-refractivity contribution is 7.85. The molecule has 24 heavy (non-hydrogen) atoms. The van der Waals surface area contributed by atoms with Gasteiger partial charge in [0.15, 0.2) is 0 Å². The number of hydrogen-bond donors (Lipinski definition) is 2. The van der Waals surface area contributed by atoms with Gasteiger partial charge in [-0.2, -0.15) is 0 Å². The maximum Gasteiger partial charge on any atom is 0.319 e. The predicted octanol–water partition coefficient (Wildman–Crippen LogP) is 3.75. The molecule has 0 radical (unpaired) electrons. The van der Waals surface area contributed by atoms with E-state index in [0.29, 0.717) is 0 Å². The van der Waals surface area contributed by atoms with Crippen LogP contribution in [0.15, 0.2) is 12.1 Å². The van der Waals surface area contributed by atoms with Crippen LogP contribution in [0.4, 0.5) is 0 Å². The van der Waals surface area contributed by atoms with Gasteiger partial charge in [0.25, 0.3) is 0 Å². The average molecular weight is 355 g/mol. The molecule has 0 aliphatic carbocycles. The summed E-state index contributed by atoms with van der Waals surface area (Å²) in [4.78, 5) is 11.4. The van der Waals surface area contributed by atoms with Crippen molar-refractivity contribution in [1.29, 1.82) is 0 Å². The summed E-state index contributed by atoms with van der Waals surface area (Å²) in [5.74, 6) is -0.778. The van der Waals surface area contributed by atoms with Crippen LogP contribution in [-0.4, -0.2) is 31.9 Å². The number of phenols is 1. The Hall–Kier alpha value is -1.36. The lowest BCUT2D eigenvalue weighted by molar-refractivity contribution is -0.136. The SMILES string of the molecule is CCC(C)(C)c1cc(CC(C(=O)O)S(C)=O)cc(C(C)(C)C)c1O. The molecule has 2 unspecified atom stereocenters. The second-order valence-corrected chi connectivity index (χ2v) is 9.62. The molecule has 2 N–H and O–H groups in total. The molecule has 136 valence electrons. The average Bonchev–Trinajstić information content (AvgIpc) is 2.43. The first-order valence-corrected chi connectivity index (χ1v) is 9.85. The normalized spacial score (nSPS) is 15.1. The van der Waals surface area contributed by atoms with Crippen LogP contribution in [0, 0.1) is 0 Å². The standard InChI is InChI=1S/C19H30O4S/c1-8-19(5,6)14-10-12(11-15(17(21)22)24(7)23)9-13(16(14)20)18(2,3)4/h9-10,15,20H,8,11H2,1-7H3,(H,21,22). The maximum absolute atomic E-state index is 11.8. The first-order valence-electron chi connectivity index (χ1n) is 8.23. The van der Waals surface area contributed by atoms with Gasteiger partial charge in [0, 0.05) is 22.6 Å². The van der Waals surface area contributed by atoms with Crippen molar-refractivity contribution in [2.24, 2.45) is 0 Å². The van der Waals surface area contributed by atoms with E-state index >= 15 is 0 Å². The Labute approximate surface area is 147 Å². The summed E-state index contributed by atoms with van der Waals surface area (Å²) in [6, 6.07) is 3.73. The monoisotopic (exact) mass is 354 g/mol. The van der Waals surface area contributed by atoms with Crippen LogP contribution in [0.3, 0.4) is 0 Å². The van der Waals surface area contributed by atoms with Gasteiger partial charge in [-0.05, 0) is 34.8 Å². The molecule has 1 aromatic carbocycles. The Kier molecular flexibility index (Phi) is 6.26. The molecule has 0 heterocycles. The van der Waals surface area contributed by atoms with Crippen molar-refractivity contribution in [3.05, 3.63) is 28.8 Å². The zero-order valence-corrected chi connectivity index (χ0v) is 16.6. The second kappa shape index (κ2) is 7.26. The summed E-state index contributed by atoms with van der Waals surface area (Å²) in [5, 5.41) is 19.2. The fraction of sp³-hybridized carbons (Fsp3) is 0.632. The van der Waals surface area contributed by atoms with Crippen LogP contribution in [0.2, 0.25) is 0 Å². The van der Waals surface area contributed by atoms with Gasteiger partial charge in [-0.15, -0.1) is 0 Å². The van der Waals surface area contributed by atoms with Crippen molar-refractivity contribution in [2.45, 2.75) is 70.5 Å². The van der Waals surface area contributed by atoms with Gasteiger partial charge in [-0.3, -0.25) is 9.00 Å². The van der Waals surface area contributed by atoms with Gasteiger partial charge in [0.1, 0.15) is 11.0 Å². The van der Waals surface area contributed by atoms with Crippen molar-refractivity contribution >= 4 is 16.8 Å². The Morgan fingerprint density at radius 1 is 1.17 bits per heavy atom. The molecule has 5 heteroatoms. The van der Waals surface area contributed by atoms with Crippen LogP contribution in [0.5, 0.6) is 5.75 Å². The number of phenolic OH excluding ortho intramolecular Hbond substituents is 1. The first kappa shape index (κ1) is 20.7. The molecule has 0 saturated heterocycles. The smallest absolute Gasteiger partial charge is 0.319 e. The van der Waals surface area contributed by atoms with Gasteiger partial charge >= 0.3 is 5.97 Å². The van der Waals surface area contributed by atoms with Gasteiger partial charge in [0.2, 0.25) is 0 Å². The van der Waals surface area contributed by atoms with Gasteiger partial charge in [-0.1, -0.05) is 53.7 Å². The lowest BCUT2D eigenvalue weighted by atomic mass is 9.76. The Bertz CT molecular complexity index is 628. The van der Waals surface area contributed by atoms with Gasteiger partial charge < -0.3 is 10.2 Å². The summed E-state index contributed by atoms with van der Waals surface area (Å²) in [7, 11) is -1.46. The van der Waals surface area contributed by atoms with Crippen LogP contribution in [0.1, 0.15) is 64.7 Å². The molecule has 0 amide bonds.